The first-order valence-corrected chi connectivity index (χ1v) is 5.87. The van der Waals surface area contributed by atoms with Crippen molar-refractivity contribution in [2.45, 2.75) is 46.6 Å². The first-order valence-electron chi connectivity index (χ1n) is 5.87. The minimum absolute atomic E-state index is 0.355. The lowest BCUT2D eigenvalue weighted by molar-refractivity contribution is 0.213. The molecule has 1 aliphatic carbocycles. The summed E-state index contributed by atoms with van der Waals surface area (Å²) >= 11 is 0. The Hall–Kier alpha value is -1.30. The molecular weight excluding hydrogens is 198 g/mol. The Morgan fingerprint density at radius 2 is 2.25 bits per heavy atom. The Kier molecular flexibility index (Phi) is 2.75. The second-order valence-corrected chi connectivity index (χ2v) is 5.65. The third kappa shape index (κ3) is 1.97. The van der Waals surface area contributed by atoms with E-state index in [0.717, 1.165) is 18.5 Å². The van der Waals surface area contributed by atoms with Crippen molar-refractivity contribution in [3.63, 3.8) is 0 Å². The van der Waals surface area contributed by atoms with E-state index in [9.17, 15) is 0 Å². The predicted octanol–water partition coefficient (Wildman–Crippen LogP) is 2.06. The van der Waals surface area contributed by atoms with Crippen LogP contribution in [0.4, 0.5) is 0 Å². The molecule has 0 bridgehead atoms. The van der Waals surface area contributed by atoms with Crippen molar-refractivity contribution in [3.8, 4) is 12.3 Å². The monoisotopic (exact) mass is 217 g/mol. The van der Waals surface area contributed by atoms with E-state index in [1.165, 1.54) is 12.1 Å². The molecule has 1 aromatic heterocycles. The Bertz CT molecular complexity index is 417. The summed E-state index contributed by atoms with van der Waals surface area (Å²) in [4.78, 5) is 0. The van der Waals surface area contributed by atoms with Crippen LogP contribution < -0.4 is 0 Å². The molecule has 86 valence electrons. The average molecular weight is 217 g/mol. The van der Waals surface area contributed by atoms with Crippen LogP contribution in [0.3, 0.4) is 0 Å². The molecule has 1 atom stereocenters. The van der Waals surface area contributed by atoms with Crippen LogP contribution in [0.15, 0.2) is 0 Å². The van der Waals surface area contributed by atoms with Gasteiger partial charge in [0, 0.05) is 0 Å². The third-order valence-corrected chi connectivity index (χ3v) is 3.55. The SMILES string of the molecule is C#CCn1nnc2c1CCC(C(C)(C)C)C2. The Morgan fingerprint density at radius 3 is 2.88 bits per heavy atom. The van der Waals surface area contributed by atoms with Crippen LogP contribution in [-0.2, 0) is 19.4 Å². The molecule has 1 aliphatic rings. The van der Waals surface area contributed by atoms with E-state index in [4.69, 9.17) is 6.42 Å². The number of hydrogen-bond donors (Lipinski definition) is 0. The zero-order chi connectivity index (χ0) is 11.8. The summed E-state index contributed by atoms with van der Waals surface area (Å²) in [6.07, 6.45) is 8.63. The topological polar surface area (TPSA) is 30.7 Å². The summed E-state index contributed by atoms with van der Waals surface area (Å²) in [6.45, 7) is 7.44. The van der Waals surface area contributed by atoms with Gasteiger partial charge in [-0.25, -0.2) is 4.68 Å². The highest BCUT2D eigenvalue weighted by molar-refractivity contribution is 5.16. The molecule has 3 heteroatoms. The van der Waals surface area contributed by atoms with Gasteiger partial charge in [-0.2, -0.15) is 0 Å². The number of fused-ring (bicyclic) bond motifs is 1. The Balaban J connectivity index is 2.21. The lowest BCUT2D eigenvalue weighted by Crippen LogP contribution is -2.27. The van der Waals surface area contributed by atoms with Gasteiger partial charge in [0.1, 0.15) is 6.54 Å². The average Bonchev–Trinajstić information content (AvgIpc) is 2.60. The molecule has 16 heavy (non-hydrogen) atoms. The fourth-order valence-electron chi connectivity index (χ4n) is 2.40. The largest absolute Gasteiger partial charge is 0.237 e. The first kappa shape index (κ1) is 11.2. The number of aromatic nitrogens is 3. The summed E-state index contributed by atoms with van der Waals surface area (Å²) in [5.74, 6) is 3.33. The van der Waals surface area contributed by atoms with Crippen LogP contribution in [0.25, 0.3) is 0 Å². The highest BCUT2D eigenvalue weighted by Gasteiger charge is 2.31. The minimum atomic E-state index is 0.355. The molecule has 0 saturated carbocycles. The molecule has 0 aliphatic heterocycles. The van der Waals surface area contributed by atoms with Gasteiger partial charge in [0.2, 0.25) is 0 Å². The highest BCUT2D eigenvalue weighted by Crippen LogP contribution is 2.36. The fraction of sp³-hybridized carbons (Fsp3) is 0.692. The molecule has 0 radical (unpaired) electrons. The van der Waals surface area contributed by atoms with Crippen LogP contribution in [-0.4, -0.2) is 15.0 Å². The summed E-state index contributed by atoms with van der Waals surface area (Å²) in [6, 6.07) is 0. The van der Waals surface area contributed by atoms with Gasteiger partial charge in [-0.1, -0.05) is 31.9 Å². The Morgan fingerprint density at radius 1 is 1.50 bits per heavy atom. The maximum absolute atomic E-state index is 5.31. The number of hydrogen-bond acceptors (Lipinski definition) is 2. The van der Waals surface area contributed by atoms with Crippen molar-refractivity contribution in [2.75, 3.05) is 0 Å². The molecule has 2 rings (SSSR count). The van der Waals surface area contributed by atoms with Crippen molar-refractivity contribution in [1.82, 2.24) is 15.0 Å². The van der Waals surface area contributed by atoms with Gasteiger partial charge in [-0.3, -0.25) is 0 Å². The third-order valence-electron chi connectivity index (χ3n) is 3.55. The fourth-order valence-corrected chi connectivity index (χ4v) is 2.40. The summed E-state index contributed by atoms with van der Waals surface area (Å²) in [5, 5.41) is 8.38. The van der Waals surface area contributed by atoms with Crippen molar-refractivity contribution in [1.29, 1.82) is 0 Å². The van der Waals surface area contributed by atoms with Crippen LogP contribution in [0.2, 0.25) is 0 Å². The van der Waals surface area contributed by atoms with Gasteiger partial charge < -0.3 is 0 Å². The first-order chi connectivity index (χ1) is 7.52. The normalized spacial score (nSPS) is 20.2. The minimum Gasteiger partial charge on any atom is -0.237 e. The lowest BCUT2D eigenvalue weighted by atomic mass is 9.73. The molecule has 0 aromatic carbocycles. The number of rotatable bonds is 1. The predicted molar refractivity (Wildman–Crippen MR) is 63.8 cm³/mol. The van der Waals surface area contributed by atoms with E-state index in [-0.39, 0.29) is 0 Å². The van der Waals surface area contributed by atoms with Crippen LogP contribution in [0.1, 0.15) is 38.6 Å². The quantitative estimate of drug-likeness (QED) is 0.674. The smallest absolute Gasteiger partial charge is 0.103 e. The second kappa shape index (κ2) is 3.93. The van der Waals surface area contributed by atoms with Gasteiger partial charge >= 0.3 is 0 Å². The molecule has 0 amide bonds. The van der Waals surface area contributed by atoms with Crippen LogP contribution in [0.5, 0.6) is 0 Å². The summed E-state index contributed by atoms with van der Waals surface area (Å²) in [5.41, 5.74) is 2.76. The molecule has 0 N–H and O–H groups in total. The van der Waals surface area contributed by atoms with E-state index >= 15 is 0 Å². The van der Waals surface area contributed by atoms with Crippen molar-refractivity contribution in [3.05, 3.63) is 11.4 Å². The lowest BCUT2D eigenvalue weighted by Gasteiger charge is -2.33. The van der Waals surface area contributed by atoms with Crippen molar-refractivity contribution < 1.29 is 0 Å². The van der Waals surface area contributed by atoms with E-state index in [0.29, 0.717) is 17.9 Å². The zero-order valence-corrected chi connectivity index (χ0v) is 10.3. The van der Waals surface area contributed by atoms with E-state index in [1.807, 2.05) is 4.68 Å². The highest BCUT2D eigenvalue weighted by atomic mass is 15.4. The zero-order valence-electron chi connectivity index (χ0n) is 10.3. The number of nitrogens with zero attached hydrogens (tertiary/aromatic N) is 3. The van der Waals surface area contributed by atoms with E-state index in [1.54, 1.807) is 0 Å². The van der Waals surface area contributed by atoms with Gasteiger partial charge in [-0.15, -0.1) is 11.5 Å². The Labute approximate surface area is 97.2 Å². The molecule has 1 aromatic rings. The molecule has 0 saturated heterocycles. The molecular formula is C13H19N3. The summed E-state index contributed by atoms with van der Waals surface area (Å²) < 4.78 is 1.87. The standard InChI is InChI=1S/C13H19N3/c1-5-8-16-12-7-6-10(13(2,3)4)9-11(12)14-15-16/h1,10H,6-9H2,2-4H3. The van der Waals surface area contributed by atoms with Crippen molar-refractivity contribution in [2.24, 2.45) is 11.3 Å². The van der Waals surface area contributed by atoms with Gasteiger partial charge in [0.15, 0.2) is 0 Å². The van der Waals surface area contributed by atoms with Crippen molar-refractivity contribution >= 4 is 0 Å². The maximum atomic E-state index is 5.31. The number of terminal acetylenes is 1. The molecule has 1 heterocycles. The molecule has 3 nitrogen and oxygen atoms in total. The van der Waals surface area contributed by atoms with E-state index < -0.39 is 0 Å². The second-order valence-electron chi connectivity index (χ2n) is 5.65. The van der Waals surface area contributed by atoms with Crippen LogP contribution in [0, 0.1) is 23.7 Å². The van der Waals surface area contributed by atoms with Gasteiger partial charge in [-0.05, 0) is 30.6 Å². The molecule has 0 fully saturated rings. The molecule has 1 unspecified atom stereocenters. The van der Waals surface area contributed by atoms with E-state index in [2.05, 4.69) is 37.0 Å². The van der Waals surface area contributed by atoms with Gasteiger partial charge in [0.25, 0.3) is 0 Å². The van der Waals surface area contributed by atoms with Gasteiger partial charge in [0.05, 0.1) is 11.4 Å². The summed E-state index contributed by atoms with van der Waals surface area (Å²) in [7, 11) is 0. The van der Waals surface area contributed by atoms with Crippen LogP contribution >= 0.6 is 0 Å². The maximum Gasteiger partial charge on any atom is 0.103 e. The molecule has 0 spiro atoms.